The fourth-order valence-electron chi connectivity index (χ4n) is 2.51. The van der Waals surface area contributed by atoms with Crippen molar-refractivity contribution in [3.8, 4) is 0 Å². The molecule has 0 bridgehead atoms. The summed E-state index contributed by atoms with van der Waals surface area (Å²) in [6.45, 7) is 9.09. The maximum Gasteiger partial charge on any atom is 0.159 e. The van der Waals surface area contributed by atoms with Gasteiger partial charge in [0.2, 0.25) is 0 Å². The van der Waals surface area contributed by atoms with Gasteiger partial charge in [0.25, 0.3) is 0 Å². The maximum atomic E-state index is 4.60. The van der Waals surface area contributed by atoms with Crippen LogP contribution in [0, 0.1) is 6.92 Å². The summed E-state index contributed by atoms with van der Waals surface area (Å²) in [6.07, 6.45) is 3.15. The average molecular weight is 286 g/mol. The van der Waals surface area contributed by atoms with Gasteiger partial charge in [-0.15, -0.1) is 10.2 Å². The summed E-state index contributed by atoms with van der Waals surface area (Å²) in [6, 6.07) is 8.51. The van der Waals surface area contributed by atoms with E-state index in [9.17, 15) is 0 Å². The van der Waals surface area contributed by atoms with Crippen LogP contribution < -0.4 is 4.90 Å². The average Bonchev–Trinajstić information content (AvgIpc) is 2.54. The largest absolute Gasteiger partial charge is 0.324 e. The van der Waals surface area contributed by atoms with E-state index >= 15 is 0 Å². The molecule has 0 aliphatic carbocycles. The zero-order valence-electron chi connectivity index (χ0n) is 13.4. The first-order valence-corrected chi connectivity index (χ1v) is 7.85. The van der Waals surface area contributed by atoms with Crippen LogP contribution in [-0.4, -0.2) is 21.7 Å². The van der Waals surface area contributed by atoms with Crippen LogP contribution in [0.1, 0.15) is 52.1 Å². The van der Waals surface area contributed by atoms with Gasteiger partial charge in [-0.3, -0.25) is 0 Å². The molecule has 4 nitrogen and oxygen atoms in total. The molecule has 0 atom stereocenters. The van der Waals surface area contributed by atoms with Crippen LogP contribution in [0.25, 0.3) is 0 Å². The van der Waals surface area contributed by atoms with Gasteiger partial charge in [-0.1, -0.05) is 45.4 Å². The number of nitrogens with zero attached hydrogens (tertiary/aromatic N) is 4. The molecule has 1 aliphatic heterocycles. The van der Waals surface area contributed by atoms with Gasteiger partial charge in [-0.05, 0) is 25.0 Å². The van der Waals surface area contributed by atoms with E-state index in [1.165, 1.54) is 17.7 Å². The Morgan fingerprint density at radius 3 is 2.71 bits per heavy atom. The van der Waals surface area contributed by atoms with Gasteiger partial charge in [0.1, 0.15) is 11.5 Å². The van der Waals surface area contributed by atoms with E-state index in [-0.39, 0.29) is 1.43 Å². The summed E-state index contributed by atoms with van der Waals surface area (Å²) in [5.74, 6) is 1.72. The number of benzene rings is 1. The maximum absolute atomic E-state index is 4.60. The number of rotatable bonds is 3. The molecule has 2 aromatic rings. The number of fused-ring (bicyclic) bond motifs is 2. The second-order valence-corrected chi connectivity index (χ2v) is 4.94. The normalized spacial score (nSPS) is 12.1. The van der Waals surface area contributed by atoms with Gasteiger partial charge in [0.05, 0.1) is 0 Å². The second kappa shape index (κ2) is 7.16. The summed E-state index contributed by atoms with van der Waals surface area (Å²) in [5.41, 5.74) is 3.56. The lowest BCUT2D eigenvalue weighted by atomic mass is 10.0. The summed E-state index contributed by atoms with van der Waals surface area (Å²) in [4.78, 5) is 6.89. The van der Waals surface area contributed by atoms with Crippen LogP contribution in [0.2, 0.25) is 0 Å². The van der Waals surface area contributed by atoms with E-state index < -0.39 is 0 Å². The quantitative estimate of drug-likeness (QED) is 0.844. The Hall–Kier alpha value is -1.97. The van der Waals surface area contributed by atoms with Crippen molar-refractivity contribution >= 4 is 11.5 Å². The molecule has 21 heavy (non-hydrogen) atoms. The van der Waals surface area contributed by atoms with Gasteiger partial charge >= 0.3 is 0 Å². The molecule has 0 radical (unpaired) electrons. The highest BCUT2D eigenvalue weighted by atomic mass is 15.3. The van der Waals surface area contributed by atoms with Crippen LogP contribution in [-0.2, 0) is 6.42 Å². The topological polar surface area (TPSA) is 41.9 Å². The molecule has 1 aliphatic rings. The predicted molar refractivity (Wildman–Crippen MR) is 89.2 cm³/mol. The third-order valence-electron chi connectivity index (χ3n) is 3.47. The number of hydrogen-bond donors (Lipinski definition) is 0. The van der Waals surface area contributed by atoms with Crippen LogP contribution in [0.5, 0.6) is 0 Å². The summed E-state index contributed by atoms with van der Waals surface area (Å²) < 4.78 is 0. The molecule has 2 heterocycles. The van der Waals surface area contributed by atoms with Crippen molar-refractivity contribution in [2.75, 3.05) is 11.4 Å². The predicted octanol–water partition coefficient (Wildman–Crippen LogP) is 4.29. The number of anilines is 2. The Balaban J connectivity index is 0.000000775. The standard InChI is InChI=1S/C15H18N4.C2H6.H2/c1-3-4-9-19-14-8-6-5-7-12(14)10-13-15(19)16-11(2)17-18-13;1-2;/h5-8H,3-4,9-10H2,1-2H3;1-2H3;1H. The fraction of sp³-hybridized carbons (Fsp3) is 0.471. The number of aromatic nitrogens is 3. The highest BCUT2D eigenvalue weighted by Gasteiger charge is 2.24. The molecule has 0 saturated heterocycles. The molecule has 0 amide bonds. The minimum atomic E-state index is 0. The molecule has 0 saturated carbocycles. The molecule has 0 spiro atoms. The Labute approximate surface area is 128 Å². The first kappa shape index (κ1) is 15.4. The molecular formula is C17H26N4. The van der Waals surface area contributed by atoms with Gasteiger partial charge < -0.3 is 4.90 Å². The van der Waals surface area contributed by atoms with Crippen molar-refractivity contribution in [3.05, 3.63) is 41.3 Å². The van der Waals surface area contributed by atoms with Gasteiger partial charge in [0, 0.05) is 20.1 Å². The van der Waals surface area contributed by atoms with E-state index in [2.05, 4.69) is 51.3 Å². The van der Waals surface area contributed by atoms with Crippen LogP contribution >= 0.6 is 0 Å². The molecule has 1 aromatic carbocycles. The molecule has 0 fully saturated rings. The zero-order chi connectivity index (χ0) is 15.2. The Morgan fingerprint density at radius 2 is 1.95 bits per heavy atom. The highest BCUT2D eigenvalue weighted by molar-refractivity contribution is 5.70. The van der Waals surface area contributed by atoms with E-state index in [0.29, 0.717) is 0 Å². The van der Waals surface area contributed by atoms with E-state index in [0.717, 1.165) is 36.7 Å². The first-order chi connectivity index (χ1) is 10.3. The van der Waals surface area contributed by atoms with Crippen molar-refractivity contribution in [1.29, 1.82) is 0 Å². The van der Waals surface area contributed by atoms with Crippen LogP contribution in [0.15, 0.2) is 24.3 Å². The molecule has 4 heteroatoms. The fourth-order valence-corrected chi connectivity index (χ4v) is 2.51. The molecule has 0 unspecified atom stereocenters. The lowest BCUT2D eigenvalue weighted by molar-refractivity contribution is 0.744. The van der Waals surface area contributed by atoms with Crippen molar-refractivity contribution in [1.82, 2.24) is 15.2 Å². The molecule has 0 N–H and O–H groups in total. The van der Waals surface area contributed by atoms with Crippen molar-refractivity contribution in [2.45, 2.75) is 47.0 Å². The van der Waals surface area contributed by atoms with Crippen LogP contribution in [0.4, 0.5) is 11.5 Å². The molecule has 1 aromatic heterocycles. The van der Waals surface area contributed by atoms with E-state index in [1.807, 2.05) is 20.8 Å². The van der Waals surface area contributed by atoms with Gasteiger partial charge in [-0.25, -0.2) is 4.98 Å². The number of hydrogen-bond acceptors (Lipinski definition) is 4. The summed E-state index contributed by atoms with van der Waals surface area (Å²) >= 11 is 0. The minimum Gasteiger partial charge on any atom is -0.324 e. The van der Waals surface area contributed by atoms with Gasteiger partial charge in [-0.2, -0.15) is 0 Å². The highest BCUT2D eigenvalue weighted by Crippen LogP contribution is 2.36. The van der Waals surface area contributed by atoms with Gasteiger partial charge in [0.15, 0.2) is 5.82 Å². The molecular weight excluding hydrogens is 260 g/mol. The lowest BCUT2D eigenvalue weighted by Gasteiger charge is -2.31. The van der Waals surface area contributed by atoms with Crippen molar-refractivity contribution in [2.24, 2.45) is 0 Å². The first-order valence-electron chi connectivity index (χ1n) is 7.85. The smallest absolute Gasteiger partial charge is 0.159 e. The third-order valence-corrected chi connectivity index (χ3v) is 3.47. The Bertz CT molecular complexity index is 601. The van der Waals surface area contributed by atoms with Crippen molar-refractivity contribution in [3.63, 3.8) is 0 Å². The summed E-state index contributed by atoms with van der Waals surface area (Å²) in [5, 5.41) is 8.41. The number of aryl methyl sites for hydroxylation is 1. The van der Waals surface area contributed by atoms with E-state index in [4.69, 9.17) is 0 Å². The number of unbranched alkanes of at least 4 members (excludes halogenated alkanes) is 1. The number of para-hydroxylation sites is 1. The summed E-state index contributed by atoms with van der Waals surface area (Å²) in [7, 11) is 0. The second-order valence-electron chi connectivity index (χ2n) is 4.94. The SMILES string of the molecule is CC.CCCCN1c2ccccc2Cc2nnc(C)nc21.[HH]. The molecule has 114 valence electrons. The van der Waals surface area contributed by atoms with Crippen LogP contribution in [0.3, 0.4) is 0 Å². The van der Waals surface area contributed by atoms with E-state index in [1.54, 1.807) is 0 Å². The zero-order valence-corrected chi connectivity index (χ0v) is 13.4. The third kappa shape index (κ3) is 3.20. The Kier molecular flexibility index (Phi) is 5.26. The molecule has 3 rings (SSSR count). The lowest BCUT2D eigenvalue weighted by Crippen LogP contribution is -2.27. The monoisotopic (exact) mass is 286 g/mol. The van der Waals surface area contributed by atoms with Crippen molar-refractivity contribution < 1.29 is 1.43 Å². The minimum absolute atomic E-state index is 0. The Morgan fingerprint density at radius 1 is 1.19 bits per heavy atom.